The molecule has 0 spiro atoms. The number of hydrogen-bond acceptors (Lipinski definition) is 5. The van der Waals surface area contributed by atoms with Crippen molar-refractivity contribution >= 4 is 22.8 Å². The summed E-state index contributed by atoms with van der Waals surface area (Å²) in [6.45, 7) is 3.81. The van der Waals surface area contributed by atoms with E-state index in [0.717, 1.165) is 29.7 Å². The van der Waals surface area contributed by atoms with Crippen LogP contribution in [0, 0.1) is 5.92 Å². The maximum atomic E-state index is 10.8. The highest BCUT2D eigenvalue weighted by Gasteiger charge is 2.13. The number of nitrogens with zero attached hydrogens (tertiary/aromatic N) is 4. The van der Waals surface area contributed by atoms with Crippen LogP contribution in [0.2, 0.25) is 0 Å². The molecule has 114 valence electrons. The summed E-state index contributed by atoms with van der Waals surface area (Å²) < 4.78 is 1.71. The lowest BCUT2D eigenvalue weighted by Crippen LogP contribution is -2.17. The molecule has 2 unspecified atom stereocenters. The van der Waals surface area contributed by atoms with Crippen LogP contribution in [-0.4, -0.2) is 36.9 Å². The SMILES string of the molecule is CC(CCCC(C)C(=O)O)Nc1ncnc2c1cnn2C. The molecule has 0 radical (unpaired) electrons. The fraction of sp³-hybridized carbons (Fsp3) is 0.571. The Morgan fingerprint density at radius 2 is 2.14 bits per heavy atom. The topological polar surface area (TPSA) is 92.9 Å². The monoisotopic (exact) mass is 291 g/mol. The number of hydrogen-bond donors (Lipinski definition) is 2. The average Bonchev–Trinajstić information content (AvgIpc) is 2.81. The first-order valence-corrected chi connectivity index (χ1v) is 7.11. The zero-order valence-corrected chi connectivity index (χ0v) is 12.6. The van der Waals surface area contributed by atoms with Crippen molar-refractivity contribution in [3.05, 3.63) is 12.5 Å². The molecule has 0 saturated carbocycles. The fourth-order valence-electron chi connectivity index (χ4n) is 2.24. The average molecular weight is 291 g/mol. The minimum absolute atomic E-state index is 0.212. The molecule has 2 N–H and O–H groups in total. The molecule has 0 amide bonds. The van der Waals surface area contributed by atoms with E-state index in [1.807, 2.05) is 7.05 Å². The van der Waals surface area contributed by atoms with Crippen LogP contribution in [0.15, 0.2) is 12.5 Å². The Balaban J connectivity index is 1.92. The zero-order valence-electron chi connectivity index (χ0n) is 12.6. The van der Waals surface area contributed by atoms with Crippen molar-refractivity contribution in [3.63, 3.8) is 0 Å². The molecule has 2 heterocycles. The van der Waals surface area contributed by atoms with Crippen LogP contribution in [0.25, 0.3) is 11.0 Å². The third-order valence-electron chi connectivity index (χ3n) is 3.61. The van der Waals surface area contributed by atoms with Crippen LogP contribution in [0.4, 0.5) is 5.82 Å². The van der Waals surface area contributed by atoms with Crippen LogP contribution >= 0.6 is 0 Å². The van der Waals surface area contributed by atoms with Gasteiger partial charge in [-0.05, 0) is 19.8 Å². The van der Waals surface area contributed by atoms with Crippen LogP contribution < -0.4 is 5.32 Å². The Hall–Kier alpha value is -2.18. The van der Waals surface area contributed by atoms with E-state index in [2.05, 4.69) is 27.3 Å². The number of anilines is 1. The number of aryl methyl sites for hydroxylation is 1. The molecule has 0 aromatic carbocycles. The van der Waals surface area contributed by atoms with Gasteiger partial charge in [0.05, 0.1) is 17.5 Å². The van der Waals surface area contributed by atoms with Gasteiger partial charge in [0.25, 0.3) is 0 Å². The van der Waals surface area contributed by atoms with E-state index in [-0.39, 0.29) is 12.0 Å². The summed E-state index contributed by atoms with van der Waals surface area (Å²) in [5.41, 5.74) is 0.791. The van der Waals surface area contributed by atoms with Crippen LogP contribution in [-0.2, 0) is 11.8 Å². The first-order valence-electron chi connectivity index (χ1n) is 7.11. The molecule has 7 nitrogen and oxygen atoms in total. The third-order valence-corrected chi connectivity index (χ3v) is 3.61. The minimum atomic E-state index is -0.733. The Labute approximate surface area is 123 Å². The van der Waals surface area contributed by atoms with E-state index >= 15 is 0 Å². The van der Waals surface area contributed by atoms with Gasteiger partial charge in [-0.1, -0.05) is 13.3 Å². The van der Waals surface area contributed by atoms with Crippen molar-refractivity contribution in [2.75, 3.05) is 5.32 Å². The molecule has 0 fully saturated rings. The van der Waals surface area contributed by atoms with Gasteiger partial charge in [0.1, 0.15) is 12.1 Å². The summed E-state index contributed by atoms with van der Waals surface area (Å²) in [7, 11) is 1.84. The Kier molecular flexibility index (Phi) is 4.72. The Morgan fingerprint density at radius 3 is 2.86 bits per heavy atom. The quantitative estimate of drug-likeness (QED) is 0.811. The number of rotatable bonds is 7. The van der Waals surface area contributed by atoms with Gasteiger partial charge in [-0.2, -0.15) is 5.10 Å². The number of aliphatic carboxylic acids is 1. The molecular formula is C14H21N5O2. The zero-order chi connectivity index (χ0) is 15.4. The number of aromatic nitrogens is 4. The second kappa shape index (κ2) is 6.51. The van der Waals surface area contributed by atoms with Gasteiger partial charge < -0.3 is 10.4 Å². The first-order chi connectivity index (χ1) is 9.99. The van der Waals surface area contributed by atoms with E-state index in [0.29, 0.717) is 6.42 Å². The van der Waals surface area contributed by atoms with Crippen molar-refractivity contribution in [1.29, 1.82) is 0 Å². The molecule has 2 rings (SSSR count). The van der Waals surface area contributed by atoms with Crippen LogP contribution in [0.5, 0.6) is 0 Å². The van der Waals surface area contributed by atoms with Gasteiger partial charge in [0, 0.05) is 13.1 Å². The van der Waals surface area contributed by atoms with E-state index < -0.39 is 5.97 Å². The molecule has 0 aliphatic rings. The highest BCUT2D eigenvalue weighted by Crippen LogP contribution is 2.20. The number of carboxylic acid groups (broad SMARTS) is 1. The van der Waals surface area contributed by atoms with Gasteiger partial charge >= 0.3 is 5.97 Å². The summed E-state index contributed by atoms with van der Waals surface area (Å²) in [5, 5.41) is 17.3. The lowest BCUT2D eigenvalue weighted by Gasteiger charge is -2.15. The maximum Gasteiger partial charge on any atom is 0.306 e. The van der Waals surface area contributed by atoms with Gasteiger partial charge in [-0.25, -0.2) is 9.97 Å². The second-order valence-corrected chi connectivity index (χ2v) is 5.44. The lowest BCUT2D eigenvalue weighted by atomic mass is 10.0. The molecule has 0 saturated heterocycles. The molecule has 7 heteroatoms. The molecular weight excluding hydrogens is 270 g/mol. The predicted molar refractivity (Wildman–Crippen MR) is 80.0 cm³/mol. The van der Waals surface area contributed by atoms with Gasteiger partial charge in [-0.15, -0.1) is 0 Å². The first kappa shape index (κ1) is 15.2. The van der Waals surface area contributed by atoms with Crippen LogP contribution in [0.1, 0.15) is 33.1 Å². The maximum absolute atomic E-state index is 10.8. The minimum Gasteiger partial charge on any atom is -0.481 e. The molecule has 2 aromatic heterocycles. The van der Waals surface area contributed by atoms with Crippen molar-refractivity contribution in [1.82, 2.24) is 19.7 Å². The van der Waals surface area contributed by atoms with Crippen molar-refractivity contribution in [3.8, 4) is 0 Å². The predicted octanol–water partition coefficient (Wildman–Crippen LogP) is 2.05. The summed E-state index contributed by atoms with van der Waals surface area (Å²) in [5.74, 6) is -0.253. The smallest absolute Gasteiger partial charge is 0.306 e. The Morgan fingerprint density at radius 1 is 1.38 bits per heavy atom. The standard InChI is InChI=1S/C14H21N5O2/c1-9(14(20)21)5-4-6-10(2)18-12-11-7-17-19(3)13(11)16-8-15-12/h7-10H,4-6H2,1-3H3,(H,20,21)(H,15,16,18). The largest absolute Gasteiger partial charge is 0.481 e. The normalized spacial score (nSPS) is 14.0. The summed E-state index contributed by atoms with van der Waals surface area (Å²) in [6, 6.07) is 0.212. The second-order valence-electron chi connectivity index (χ2n) is 5.44. The van der Waals surface area contributed by atoms with E-state index in [9.17, 15) is 4.79 Å². The molecule has 0 aliphatic carbocycles. The Bertz CT molecular complexity index is 625. The van der Waals surface area contributed by atoms with Crippen molar-refractivity contribution in [2.45, 2.75) is 39.2 Å². The summed E-state index contributed by atoms with van der Waals surface area (Å²) >= 11 is 0. The number of carbonyl (C=O) groups is 1. The molecule has 0 bridgehead atoms. The highest BCUT2D eigenvalue weighted by atomic mass is 16.4. The number of carboxylic acids is 1. The van der Waals surface area contributed by atoms with Gasteiger partial charge in [0.2, 0.25) is 0 Å². The number of nitrogens with one attached hydrogen (secondary N) is 1. The fourth-order valence-corrected chi connectivity index (χ4v) is 2.24. The van der Waals surface area contributed by atoms with Gasteiger partial charge in [-0.3, -0.25) is 9.48 Å². The number of fused-ring (bicyclic) bond motifs is 1. The lowest BCUT2D eigenvalue weighted by molar-refractivity contribution is -0.141. The van der Waals surface area contributed by atoms with Crippen LogP contribution in [0.3, 0.4) is 0 Å². The van der Waals surface area contributed by atoms with E-state index in [4.69, 9.17) is 5.11 Å². The molecule has 2 aromatic rings. The van der Waals surface area contributed by atoms with E-state index in [1.54, 1.807) is 17.8 Å². The molecule has 2 atom stereocenters. The third kappa shape index (κ3) is 3.68. The summed E-state index contributed by atoms with van der Waals surface area (Å²) in [4.78, 5) is 19.2. The molecule has 21 heavy (non-hydrogen) atoms. The van der Waals surface area contributed by atoms with Crippen molar-refractivity contribution in [2.24, 2.45) is 13.0 Å². The summed E-state index contributed by atoms with van der Waals surface area (Å²) in [6.07, 6.45) is 5.71. The van der Waals surface area contributed by atoms with Gasteiger partial charge in [0.15, 0.2) is 5.65 Å². The molecule has 0 aliphatic heterocycles. The highest BCUT2D eigenvalue weighted by molar-refractivity contribution is 5.86. The van der Waals surface area contributed by atoms with E-state index in [1.165, 1.54) is 6.33 Å². The van der Waals surface area contributed by atoms with Crippen molar-refractivity contribution < 1.29 is 9.90 Å².